The van der Waals surface area contributed by atoms with Crippen molar-refractivity contribution < 1.29 is 19.4 Å². The minimum atomic E-state index is -0.941. The molecule has 5 nitrogen and oxygen atoms in total. The molecule has 1 aliphatic heterocycles. The first-order valence-corrected chi connectivity index (χ1v) is 5.71. The Balaban J connectivity index is 2.12. The Morgan fingerprint density at radius 1 is 1.56 bits per heavy atom. The van der Waals surface area contributed by atoms with Gasteiger partial charge in [0.2, 0.25) is 0 Å². The number of benzene rings is 1. The van der Waals surface area contributed by atoms with Crippen LogP contribution >= 0.6 is 0 Å². The van der Waals surface area contributed by atoms with Crippen molar-refractivity contribution in [3.8, 4) is 5.75 Å². The minimum absolute atomic E-state index is 0.0229. The number of carboxylic acid groups (broad SMARTS) is 1. The smallest absolute Gasteiger partial charge is 0.321 e. The van der Waals surface area contributed by atoms with Crippen molar-refractivity contribution in [2.45, 2.75) is 19.0 Å². The van der Waals surface area contributed by atoms with Crippen molar-refractivity contribution in [2.24, 2.45) is 0 Å². The van der Waals surface area contributed by atoms with E-state index < -0.39 is 12.0 Å². The van der Waals surface area contributed by atoms with Crippen LogP contribution in [0.2, 0.25) is 0 Å². The molecule has 1 aliphatic rings. The summed E-state index contributed by atoms with van der Waals surface area (Å²) in [6.07, 6.45) is 0.0965. The van der Waals surface area contributed by atoms with E-state index in [0.717, 1.165) is 11.3 Å². The normalized spacial score (nSPS) is 20.1. The molecule has 1 aromatic rings. The van der Waals surface area contributed by atoms with Gasteiger partial charge in [0.05, 0.1) is 13.7 Å². The molecule has 0 aromatic heterocycles. The van der Waals surface area contributed by atoms with Gasteiger partial charge in [-0.3, -0.25) is 14.5 Å². The molecule has 0 bridgehead atoms. The number of methoxy groups -OCH3 is 1. The summed E-state index contributed by atoms with van der Waals surface area (Å²) in [6.45, 7) is 0.647. The van der Waals surface area contributed by atoms with Crippen molar-refractivity contribution in [2.75, 3.05) is 13.7 Å². The van der Waals surface area contributed by atoms with E-state index in [-0.39, 0.29) is 18.7 Å². The Labute approximate surface area is 105 Å². The first kappa shape index (κ1) is 12.6. The second-order valence-electron chi connectivity index (χ2n) is 4.35. The molecule has 1 aromatic carbocycles. The number of ketones is 1. The number of hydrogen-bond donors (Lipinski definition) is 1. The van der Waals surface area contributed by atoms with E-state index >= 15 is 0 Å². The summed E-state index contributed by atoms with van der Waals surface area (Å²) in [7, 11) is 1.58. The molecule has 0 saturated carbocycles. The predicted molar refractivity (Wildman–Crippen MR) is 64.5 cm³/mol. The van der Waals surface area contributed by atoms with Crippen molar-refractivity contribution in [1.82, 2.24) is 4.90 Å². The fourth-order valence-electron chi connectivity index (χ4n) is 2.16. The Morgan fingerprint density at radius 3 is 3.00 bits per heavy atom. The zero-order chi connectivity index (χ0) is 13.1. The quantitative estimate of drug-likeness (QED) is 0.859. The molecule has 2 rings (SSSR count). The summed E-state index contributed by atoms with van der Waals surface area (Å²) in [4.78, 5) is 24.1. The van der Waals surface area contributed by atoms with Crippen molar-refractivity contribution in [1.29, 1.82) is 0 Å². The molecule has 0 amide bonds. The zero-order valence-electron chi connectivity index (χ0n) is 10.1. The number of hydrogen-bond acceptors (Lipinski definition) is 4. The van der Waals surface area contributed by atoms with Crippen LogP contribution in [0.25, 0.3) is 0 Å². The SMILES string of the molecule is COc1cccc(CN2CC(=O)CC2C(=O)O)c1. The molecule has 5 heteroatoms. The van der Waals surface area contributed by atoms with Crippen molar-refractivity contribution >= 4 is 11.8 Å². The Morgan fingerprint density at radius 2 is 2.33 bits per heavy atom. The molecule has 1 saturated heterocycles. The van der Waals surface area contributed by atoms with E-state index in [1.165, 1.54) is 0 Å². The third-order valence-electron chi connectivity index (χ3n) is 3.05. The van der Waals surface area contributed by atoms with Gasteiger partial charge in [-0.1, -0.05) is 12.1 Å². The lowest BCUT2D eigenvalue weighted by Crippen LogP contribution is -2.35. The van der Waals surface area contributed by atoms with Gasteiger partial charge in [0.25, 0.3) is 0 Å². The van der Waals surface area contributed by atoms with Crippen LogP contribution in [-0.2, 0) is 16.1 Å². The lowest BCUT2D eigenvalue weighted by molar-refractivity contribution is -0.142. The van der Waals surface area contributed by atoms with Gasteiger partial charge in [-0.2, -0.15) is 0 Å². The van der Waals surface area contributed by atoms with E-state index in [4.69, 9.17) is 9.84 Å². The molecule has 1 unspecified atom stereocenters. The Bertz CT molecular complexity index is 472. The number of Topliss-reactive ketones (excluding diaryl/α,β-unsaturated/α-hetero) is 1. The number of likely N-dealkylation sites (tertiary alicyclic amines) is 1. The highest BCUT2D eigenvalue weighted by atomic mass is 16.5. The Kier molecular flexibility index (Phi) is 3.62. The standard InChI is InChI=1S/C13H15NO4/c1-18-11-4-2-3-9(5-11)7-14-8-10(15)6-12(14)13(16)17/h2-5,12H,6-8H2,1H3,(H,16,17). The summed E-state index contributed by atoms with van der Waals surface area (Å²) in [5, 5.41) is 9.06. The first-order valence-electron chi connectivity index (χ1n) is 5.71. The molecule has 96 valence electrons. The fourth-order valence-corrected chi connectivity index (χ4v) is 2.16. The topological polar surface area (TPSA) is 66.8 Å². The Hall–Kier alpha value is -1.88. The van der Waals surface area contributed by atoms with Gasteiger partial charge in [0.15, 0.2) is 0 Å². The first-order chi connectivity index (χ1) is 8.60. The minimum Gasteiger partial charge on any atom is -0.497 e. The van der Waals surface area contributed by atoms with Crippen LogP contribution < -0.4 is 4.74 Å². The molecular formula is C13H15NO4. The average molecular weight is 249 g/mol. The number of rotatable bonds is 4. The van der Waals surface area contributed by atoms with Gasteiger partial charge in [0, 0.05) is 13.0 Å². The van der Waals surface area contributed by atoms with Crippen LogP contribution in [0, 0.1) is 0 Å². The van der Waals surface area contributed by atoms with Gasteiger partial charge in [-0.25, -0.2) is 0 Å². The number of carbonyl (C=O) groups is 2. The summed E-state index contributed by atoms with van der Waals surface area (Å²) in [6, 6.07) is 6.71. The molecule has 0 aliphatic carbocycles. The van der Waals surface area contributed by atoms with E-state index in [1.54, 1.807) is 12.0 Å². The van der Waals surface area contributed by atoms with E-state index in [9.17, 15) is 9.59 Å². The summed E-state index contributed by atoms with van der Waals surface area (Å²) >= 11 is 0. The van der Waals surface area contributed by atoms with Crippen LogP contribution in [-0.4, -0.2) is 41.5 Å². The van der Waals surface area contributed by atoms with Crippen LogP contribution in [0.4, 0.5) is 0 Å². The van der Waals surface area contributed by atoms with Gasteiger partial charge in [-0.15, -0.1) is 0 Å². The molecule has 1 N–H and O–H groups in total. The average Bonchev–Trinajstić information content (AvgIpc) is 2.70. The molecule has 1 fully saturated rings. The maximum Gasteiger partial charge on any atom is 0.321 e. The number of ether oxygens (including phenoxy) is 1. The maximum atomic E-state index is 11.4. The predicted octanol–water partition coefficient (Wildman–Crippen LogP) is 0.923. The largest absolute Gasteiger partial charge is 0.497 e. The number of nitrogens with zero attached hydrogens (tertiary/aromatic N) is 1. The zero-order valence-corrected chi connectivity index (χ0v) is 10.1. The van der Waals surface area contributed by atoms with Crippen LogP contribution in [0.15, 0.2) is 24.3 Å². The second-order valence-corrected chi connectivity index (χ2v) is 4.35. The third kappa shape index (κ3) is 2.68. The van der Waals surface area contributed by atoms with Crippen LogP contribution in [0.3, 0.4) is 0 Å². The lowest BCUT2D eigenvalue weighted by Gasteiger charge is -2.20. The number of carbonyl (C=O) groups excluding carboxylic acids is 1. The van der Waals surface area contributed by atoms with E-state index in [1.807, 2.05) is 24.3 Å². The van der Waals surface area contributed by atoms with Gasteiger partial charge in [0.1, 0.15) is 17.6 Å². The van der Waals surface area contributed by atoms with Crippen molar-refractivity contribution in [3.63, 3.8) is 0 Å². The number of carboxylic acids is 1. The lowest BCUT2D eigenvalue weighted by atomic mass is 10.1. The monoisotopic (exact) mass is 249 g/mol. The van der Waals surface area contributed by atoms with Crippen molar-refractivity contribution in [3.05, 3.63) is 29.8 Å². The molecule has 1 heterocycles. The van der Waals surface area contributed by atoms with Gasteiger partial charge >= 0.3 is 5.97 Å². The molecule has 0 spiro atoms. The summed E-state index contributed by atoms with van der Waals surface area (Å²) in [5.74, 6) is -0.237. The molecule has 1 atom stereocenters. The highest BCUT2D eigenvalue weighted by Gasteiger charge is 2.35. The van der Waals surface area contributed by atoms with Gasteiger partial charge in [-0.05, 0) is 17.7 Å². The highest BCUT2D eigenvalue weighted by molar-refractivity contribution is 5.90. The molecule has 18 heavy (non-hydrogen) atoms. The third-order valence-corrected chi connectivity index (χ3v) is 3.05. The summed E-state index contributed by atoms with van der Waals surface area (Å²) < 4.78 is 5.11. The molecule has 0 radical (unpaired) electrons. The van der Waals surface area contributed by atoms with E-state index in [0.29, 0.717) is 6.54 Å². The highest BCUT2D eigenvalue weighted by Crippen LogP contribution is 2.20. The second kappa shape index (κ2) is 5.18. The number of aliphatic carboxylic acids is 1. The molecular weight excluding hydrogens is 234 g/mol. The summed E-state index contributed by atoms with van der Waals surface area (Å²) in [5.41, 5.74) is 0.940. The van der Waals surface area contributed by atoms with Crippen LogP contribution in [0.5, 0.6) is 5.75 Å². The van der Waals surface area contributed by atoms with Gasteiger partial charge < -0.3 is 9.84 Å². The van der Waals surface area contributed by atoms with Crippen LogP contribution in [0.1, 0.15) is 12.0 Å². The fraction of sp³-hybridized carbons (Fsp3) is 0.385. The maximum absolute atomic E-state index is 11.4. The van der Waals surface area contributed by atoms with E-state index in [2.05, 4.69) is 0 Å².